The Bertz CT molecular complexity index is 527. The number of aliphatic imine (C=N–C) groups is 1. The van der Waals surface area contributed by atoms with Crippen LogP contribution in [0.5, 0.6) is 17.2 Å². The summed E-state index contributed by atoms with van der Waals surface area (Å²) in [6.45, 7) is 6.67. The van der Waals surface area contributed by atoms with Gasteiger partial charge in [0.05, 0.1) is 27.9 Å². The summed E-state index contributed by atoms with van der Waals surface area (Å²) in [5, 5.41) is 2.97. The minimum absolute atomic E-state index is 0.356. The predicted octanol–water partition coefficient (Wildman–Crippen LogP) is 1.69. The third kappa shape index (κ3) is 4.91. The van der Waals surface area contributed by atoms with E-state index < -0.39 is 0 Å². The third-order valence-electron chi connectivity index (χ3n) is 2.78. The summed E-state index contributed by atoms with van der Waals surface area (Å²) in [5.74, 6) is 2.26. The Balaban J connectivity index is 2.91. The van der Waals surface area contributed by atoms with Crippen molar-refractivity contribution in [2.24, 2.45) is 10.7 Å². The molecule has 3 N–H and O–H groups in total. The van der Waals surface area contributed by atoms with Gasteiger partial charge in [-0.1, -0.05) is 12.2 Å². The van der Waals surface area contributed by atoms with Gasteiger partial charge in [0.1, 0.15) is 5.75 Å². The molecule has 0 aliphatic heterocycles. The van der Waals surface area contributed by atoms with E-state index in [1.165, 1.54) is 0 Å². The number of hydrogen-bond acceptors (Lipinski definition) is 4. The molecule has 21 heavy (non-hydrogen) atoms. The Kier molecular flexibility index (Phi) is 6.39. The van der Waals surface area contributed by atoms with Gasteiger partial charge in [-0.25, -0.2) is 4.99 Å². The zero-order valence-corrected chi connectivity index (χ0v) is 13.0. The second-order valence-electron chi connectivity index (χ2n) is 4.53. The molecule has 0 amide bonds. The van der Waals surface area contributed by atoms with Crippen LogP contribution < -0.4 is 25.3 Å². The van der Waals surface area contributed by atoms with Gasteiger partial charge >= 0.3 is 0 Å². The minimum atomic E-state index is 0.356. The molecule has 0 spiro atoms. The fourth-order valence-electron chi connectivity index (χ4n) is 1.68. The zero-order valence-electron chi connectivity index (χ0n) is 13.0. The molecule has 6 heteroatoms. The van der Waals surface area contributed by atoms with E-state index in [0.717, 1.165) is 11.1 Å². The Hall–Kier alpha value is -2.37. The van der Waals surface area contributed by atoms with Crippen LogP contribution in [0.3, 0.4) is 0 Å². The van der Waals surface area contributed by atoms with E-state index >= 15 is 0 Å². The Morgan fingerprint density at radius 3 is 2.24 bits per heavy atom. The first-order valence-corrected chi connectivity index (χ1v) is 6.48. The highest BCUT2D eigenvalue weighted by atomic mass is 16.5. The lowest BCUT2D eigenvalue weighted by molar-refractivity contribution is 0.347. The summed E-state index contributed by atoms with van der Waals surface area (Å²) < 4.78 is 15.8. The lowest BCUT2D eigenvalue weighted by Gasteiger charge is -2.13. The smallest absolute Gasteiger partial charge is 0.189 e. The normalized spacial score (nSPS) is 11.0. The lowest BCUT2D eigenvalue weighted by Crippen LogP contribution is -2.32. The van der Waals surface area contributed by atoms with E-state index in [4.69, 9.17) is 19.9 Å². The highest BCUT2D eigenvalue weighted by Crippen LogP contribution is 2.34. The van der Waals surface area contributed by atoms with Crippen LogP contribution in [0.2, 0.25) is 0 Å². The van der Waals surface area contributed by atoms with Crippen molar-refractivity contribution in [1.29, 1.82) is 0 Å². The van der Waals surface area contributed by atoms with E-state index in [-0.39, 0.29) is 0 Å². The van der Waals surface area contributed by atoms with Crippen molar-refractivity contribution in [2.75, 3.05) is 27.9 Å². The van der Waals surface area contributed by atoms with Crippen molar-refractivity contribution in [3.05, 3.63) is 29.8 Å². The van der Waals surface area contributed by atoms with Gasteiger partial charge in [-0.15, -0.1) is 0 Å². The Morgan fingerprint density at radius 1 is 1.14 bits per heavy atom. The SMILES string of the molecule is C=C(C)CNC(N)=NCc1cc(OC)c(OC)cc1OC. The summed E-state index contributed by atoms with van der Waals surface area (Å²) in [4.78, 5) is 4.27. The first-order chi connectivity index (χ1) is 10.0. The second-order valence-corrected chi connectivity index (χ2v) is 4.53. The van der Waals surface area contributed by atoms with Crippen LogP contribution in [0.25, 0.3) is 0 Å². The van der Waals surface area contributed by atoms with Gasteiger partial charge in [-0.3, -0.25) is 0 Å². The number of hydrogen-bond donors (Lipinski definition) is 2. The summed E-state index contributed by atoms with van der Waals surface area (Å²) >= 11 is 0. The first-order valence-electron chi connectivity index (χ1n) is 6.48. The summed E-state index contributed by atoms with van der Waals surface area (Å²) in [7, 11) is 4.76. The minimum Gasteiger partial charge on any atom is -0.496 e. The molecule has 0 fully saturated rings. The van der Waals surface area contributed by atoms with Gasteiger partial charge < -0.3 is 25.3 Å². The van der Waals surface area contributed by atoms with E-state index in [1.807, 2.05) is 13.0 Å². The highest BCUT2D eigenvalue weighted by molar-refractivity contribution is 5.78. The van der Waals surface area contributed by atoms with Gasteiger partial charge in [0.15, 0.2) is 17.5 Å². The highest BCUT2D eigenvalue weighted by Gasteiger charge is 2.11. The van der Waals surface area contributed by atoms with E-state index in [1.54, 1.807) is 27.4 Å². The molecule has 0 aromatic heterocycles. The van der Waals surface area contributed by atoms with Crippen LogP contribution in [-0.2, 0) is 6.54 Å². The number of benzene rings is 1. The van der Waals surface area contributed by atoms with Crippen molar-refractivity contribution in [1.82, 2.24) is 5.32 Å². The lowest BCUT2D eigenvalue weighted by atomic mass is 10.1. The molecule has 0 unspecified atom stereocenters. The van der Waals surface area contributed by atoms with Crippen LogP contribution in [0.1, 0.15) is 12.5 Å². The number of rotatable bonds is 7. The van der Waals surface area contributed by atoms with E-state index in [2.05, 4.69) is 16.9 Å². The molecule has 1 rings (SSSR count). The molecule has 1 aromatic rings. The van der Waals surface area contributed by atoms with Crippen molar-refractivity contribution >= 4 is 5.96 Å². The first kappa shape index (κ1) is 16.7. The average Bonchev–Trinajstić information content (AvgIpc) is 2.49. The molecule has 0 saturated carbocycles. The maximum Gasteiger partial charge on any atom is 0.189 e. The molecule has 0 bridgehead atoms. The van der Waals surface area contributed by atoms with Crippen LogP contribution in [0, 0.1) is 0 Å². The maximum atomic E-state index is 5.79. The quantitative estimate of drug-likeness (QED) is 0.454. The summed E-state index contributed by atoms with van der Waals surface area (Å²) in [6.07, 6.45) is 0. The molecule has 0 atom stereocenters. The van der Waals surface area contributed by atoms with Gasteiger partial charge in [0.25, 0.3) is 0 Å². The van der Waals surface area contributed by atoms with Crippen LogP contribution in [0.4, 0.5) is 0 Å². The fourth-order valence-corrected chi connectivity index (χ4v) is 1.68. The van der Waals surface area contributed by atoms with Crippen molar-refractivity contribution in [3.63, 3.8) is 0 Å². The molecule has 0 aliphatic rings. The van der Waals surface area contributed by atoms with Gasteiger partial charge in [-0.05, 0) is 13.0 Å². The zero-order chi connectivity index (χ0) is 15.8. The van der Waals surface area contributed by atoms with Crippen LogP contribution in [0.15, 0.2) is 29.3 Å². The van der Waals surface area contributed by atoms with Crippen LogP contribution >= 0.6 is 0 Å². The van der Waals surface area contributed by atoms with Crippen molar-refractivity contribution in [2.45, 2.75) is 13.5 Å². The molecular weight excluding hydrogens is 270 g/mol. The fraction of sp³-hybridized carbons (Fsp3) is 0.400. The number of nitrogens with one attached hydrogen (secondary N) is 1. The van der Waals surface area contributed by atoms with Crippen molar-refractivity contribution in [3.8, 4) is 17.2 Å². The van der Waals surface area contributed by atoms with Gasteiger partial charge in [-0.2, -0.15) is 0 Å². The van der Waals surface area contributed by atoms with Gasteiger partial charge in [0, 0.05) is 18.2 Å². The maximum absolute atomic E-state index is 5.79. The predicted molar refractivity (Wildman–Crippen MR) is 84.2 cm³/mol. The molecule has 116 valence electrons. The molecule has 0 heterocycles. The number of nitrogens with two attached hydrogens (primary N) is 1. The number of nitrogens with zero attached hydrogens (tertiary/aromatic N) is 1. The summed E-state index contributed by atoms with van der Waals surface area (Å²) in [6, 6.07) is 3.59. The monoisotopic (exact) mass is 293 g/mol. The number of methoxy groups -OCH3 is 3. The standard InChI is InChI=1S/C15H23N3O3/c1-10(2)8-17-15(16)18-9-11-6-13(20-4)14(21-5)7-12(11)19-3/h6-7H,1,8-9H2,2-5H3,(H3,16,17,18). The van der Waals surface area contributed by atoms with Gasteiger partial charge in [0.2, 0.25) is 0 Å². The van der Waals surface area contributed by atoms with Crippen molar-refractivity contribution < 1.29 is 14.2 Å². The Labute approximate surface area is 125 Å². The van der Waals surface area contributed by atoms with Crippen LogP contribution in [-0.4, -0.2) is 33.8 Å². The molecule has 0 aliphatic carbocycles. The molecule has 0 saturated heterocycles. The number of guanidine groups is 1. The Morgan fingerprint density at radius 2 is 1.71 bits per heavy atom. The largest absolute Gasteiger partial charge is 0.496 e. The van der Waals surface area contributed by atoms with E-state index in [9.17, 15) is 0 Å². The third-order valence-corrected chi connectivity index (χ3v) is 2.78. The molecule has 1 aromatic carbocycles. The number of ether oxygens (including phenoxy) is 3. The second kappa shape index (κ2) is 8.04. The summed E-state index contributed by atoms with van der Waals surface area (Å²) in [5.41, 5.74) is 7.63. The molecule has 0 radical (unpaired) electrons. The average molecular weight is 293 g/mol. The molecule has 6 nitrogen and oxygen atoms in total. The van der Waals surface area contributed by atoms with E-state index in [0.29, 0.717) is 36.3 Å². The topological polar surface area (TPSA) is 78.1 Å². The molecular formula is C15H23N3O3.